The van der Waals surface area contributed by atoms with Gasteiger partial charge in [0.25, 0.3) is 5.69 Å². The highest BCUT2D eigenvalue weighted by Gasteiger charge is 2.33. The zero-order chi connectivity index (χ0) is 15.6. The molecule has 0 amide bonds. The fourth-order valence-corrected chi connectivity index (χ4v) is 3.24. The van der Waals surface area contributed by atoms with Gasteiger partial charge in [0.05, 0.1) is 27.7 Å². The van der Waals surface area contributed by atoms with Crippen molar-refractivity contribution in [1.29, 1.82) is 0 Å². The van der Waals surface area contributed by atoms with Crippen molar-refractivity contribution in [3.63, 3.8) is 0 Å². The summed E-state index contributed by atoms with van der Waals surface area (Å²) in [5.41, 5.74) is 0.580. The fraction of sp³-hybridized carbons (Fsp3) is 0.571. The summed E-state index contributed by atoms with van der Waals surface area (Å²) in [5.74, 6) is 0. The molecule has 6 nitrogen and oxygen atoms in total. The number of nitro benzene ring substituents is 1. The van der Waals surface area contributed by atoms with Gasteiger partial charge in [-0.3, -0.25) is 15.0 Å². The van der Waals surface area contributed by atoms with Crippen LogP contribution in [0, 0.1) is 10.1 Å². The largest absolute Gasteiger partial charge is 0.394 e. The second-order valence-corrected chi connectivity index (χ2v) is 6.65. The number of nitro groups is 1. The minimum atomic E-state index is -0.395. The van der Waals surface area contributed by atoms with Crippen LogP contribution in [0.15, 0.2) is 22.7 Å². The van der Waals surface area contributed by atoms with E-state index >= 15 is 0 Å². The van der Waals surface area contributed by atoms with Gasteiger partial charge >= 0.3 is 0 Å². The van der Waals surface area contributed by atoms with Crippen molar-refractivity contribution in [3.05, 3.63) is 38.3 Å². The highest BCUT2D eigenvalue weighted by molar-refractivity contribution is 9.10. The molecule has 1 aliphatic rings. The van der Waals surface area contributed by atoms with Crippen LogP contribution in [-0.4, -0.2) is 46.3 Å². The van der Waals surface area contributed by atoms with Gasteiger partial charge in [0.15, 0.2) is 0 Å². The Morgan fingerprint density at radius 2 is 2.29 bits per heavy atom. The molecule has 1 fully saturated rings. The van der Waals surface area contributed by atoms with Crippen LogP contribution in [0.4, 0.5) is 5.69 Å². The lowest BCUT2D eigenvalue weighted by atomic mass is 10.0. The van der Waals surface area contributed by atoms with E-state index in [1.165, 1.54) is 6.07 Å². The SMILES string of the molecule is CC1(C)CN(Cc2cccc([N+](=O)[O-])c2Br)CC(CO)O1. The molecular formula is C14H19BrN2O4. The molecule has 116 valence electrons. The first kappa shape index (κ1) is 16.4. The molecule has 1 aliphatic heterocycles. The maximum absolute atomic E-state index is 11.0. The first-order valence-corrected chi connectivity index (χ1v) is 7.54. The summed E-state index contributed by atoms with van der Waals surface area (Å²) in [6.45, 7) is 5.81. The number of ether oxygens (including phenoxy) is 1. The molecule has 0 radical (unpaired) electrons. The Balaban J connectivity index is 2.18. The van der Waals surface area contributed by atoms with Gasteiger partial charge in [0.1, 0.15) is 0 Å². The van der Waals surface area contributed by atoms with E-state index in [-0.39, 0.29) is 24.0 Å². The summed E-state index contributed by atoms with van der Waals surface area (Å²) in [6, 6.07) is 5.04. The van der Waals surface area contributed by atoms with Gasteiger partial charge in [-0.05, 0) is 35.3 Å². The molecule has 1 N–H and O–H groups in total. The minimum absolute atomic E-state index is 0.0317. The van der Waals surface area contributed by atoms with Crippen LogP contribution in [0.1, 0.15) is 19.4 Å². The smallest absolute Gasteiger partial charge is 0.283 e. The normalized spacial score (nSPS) is 22.2. The van der Waals surface area contributed by atoms with E-state index in [9.17, 15) is 15.2 Å². The molecule has 0 spiro atoms. The van der Waals surface area contributed by atoms with Gasteiger partial charge in [0.2, 0.25) is 0 Å². The summed E-state index contributed by atoms with van der Waals surface area (Å²) in [4.78, 5) is 12.7. The van der Waals surface area contributed by atoms with Gasteiger partial charge in [-0.25, -0.2) is 0 Å². The summed E-state index contributed by atoms with van der Waals surface area (Å²) in [7, 11) is 0. The zero-order valence-corrected chi connectivity index (χ0v) is 13.7. The lowest BCUT2D eigenvalue weighted by Gasteiger charge is -2.42. The van der Waals surface area contributed by atoms with Gasteiger partial charge in [-0.2, -0.15) is 0 Å². The molecule has 0 saturated carbocycles. The Hall–Kier alpha value is -1.02. The number of aliphatic hydroxyl groups excluding tert-OH is 1. The number of halogens is 1. The first-order valence-electron chi connectivity index (χ1n) is 6.75. The maximum atomic E-state index is 11.0. The zero-order valence-electron chi connectivity index (χ0n) is 12.1. The minimum Gasteiger partial charge on any atom is -0.394 e. The first-order chi connectivity index (χ1) is 9.82. The number of hydrogen-bond donors (Lipinski definition) is 1. The van der Waals surface area contributed by atoms with Crippen LogP contribution < -0.4 is 0 Å². The van der Waals surface area contributed by atoms with Crippen LogP contribution in [0.25, 0.3) is 0 Å². The van der Waals surface area contributed by atoms with E-state index in [2.05, 4.69) is 20.8 Å². The Bertz CT molecular complexity index is 536. The van der Waals surface area contributed by atoms with Crippen molar-refractivity contribution in [3.8, 4) is 0 Å². The Morgan fingerprint density at radius 1 is 1.57 bits per heavy atom. The van der Waals surface area contributed by atoms with Crippen LogP contribution in [0.2, 0.25) is 0 Å². The molecule has 21 heavy (non-hydrogen) atoms. The number of morpholine rings is 1. The van der Waals surface area contributed by atoms with Crippen molar-refractivity contribution >= 4 is 21.6 Å². The van der Waals surface area contributed by atoms with E-state index in [1.807, 2.05) is 19.9 Å². The third kappa shape index (κ3) is 4.00. The average molecular weight is 359 g/mol. The molecule has 0 bridgehead atoms. The van der Waals surface area contributed by atoms with Crippen molar-refractivity contribution < 1.29 is 14.8 Å². The van der Waals surface area contributed by atoms with E-state index in [0.29, 0.717) is 24.1 Å². The summed E-state index contributed by atoms with van der Waals surface area (Å²) in [5, 5.41) is 20.3. The molecule has 1 aromatic carbocycles. The Kier molecular flexibility index (Phi) is 4.98. The molecule has 1 heterocycles. The summed E-state index contributed by atoms with van der Waals surface area (Å²) >= 11 is 3.32. The molecule has 2 rings (SSSR count). The van der Waals surface area contributed by atoms with E-state index < -0.39 is 4.92 Å². The second-order valence-electron chi connectivity index (χ2n) is 5.86. The number of hydrogen-bond acceptors (Lipinski definition) is 5. The number of nitrogens with zero attached hydrogens (tertiary/aromatic N) is 2. The van der Waals surface area contributed by atoms with Crippen molar-refractivity contribution in [1.82, 2.24) is 4.90 Å². The number of rotatable bonds is 4. The van der Waals surface area contributed by atoms with Gasteiger partial charge < -0.3 is 9.84 Å². The molecule has 1 atom stereocenters. The molecule has 1 aromatic rings. The predicted octanol–water partition coefficient (Wildman–Crippen LogP) is 2.33. The lowest BCUT2D eigenvalue weighted by Crippen LogP contribution is -2.53. The van der Waals surface area contributed by atoms with Crippen LogP contribution in [0.5, 0.6) is 0 Å². The van der Waals surface area contributed by atoms with E-state index in [1.54, 1.807) is 6.07 Å². The molecule has 1 unspecified atom stereocenters. The lowest BCUT2D eigenvalue weighted by molar-refractivity contribution is -0.385. The van der Waals surface area contributed by atoms with Crippen molar-refractivity contribution in [2.24, 2.45) is 0 Å². The summed E-state index contributed by atoms with van der Waals surface area (Å²) < 4.78 is 6.29. The highest BCUT2D eigenvalue weighted by atomic mass is 79.9. The number of benzene rings is 1. The summed E-state index contributed by atoms with van der Waals surface area (Å²) in [6.07, 6.45) is -0.230. The molecule has 7 heteroatoms. The Labute approximate surface area is 132 Å². The standard InChI is InChI=1S/C14H19BrN2O4/c1-14(2)9-16(7-11(8-18)21-14)6-10-4-3-5-12(13(10)15)17(19)20/h3-5,11,18H,6-9H2,1-2H3. The van der Waals surface area contributed by atoms with Gasteiger partial charge in [0, 0.05) is 25.7 Å². The van der Waals surface area contributed by atoms with Gasteiger partial charge in [-0.1, -0.05) is 12.1 Å². The van der Waals surface area contributed by atoms with Crippen molar-refractivity contribution in [2.45, 2.75) is 32.1 Å². The Morgan fingerprint density at radius 3 is 2.90 bits per heavy atom. The maximum Gasteiger partial charge on any atom is 0.283 e. The predicted molar refractivity (Wildman–Crippen MR) is 82.1 cm³/mol. The third-order valence-corrected chi connectivity index (χ3v) is 4.32. The van der Waals surface area contributed by atoms with E-state index in [0.717, 1.165) is 5.56 Å². The fourth-order valence-electron chi connectivity index (χ4n) is 2.70. The topological polar surface area (TPSA) is 75.8 Å². The third-order valence-electron chi connectivity index (χ3n) is 3.40. The quantitative estimate of drug-likeness (QED) is 0.660. The van der Waals surface area contributed by atoms with E-state index in [4.69, 9.17) is 4.74 Å². The molecule has 1 saturated heterocycles. The average Bonchev–Trinajstić information content (AvgIpc) is 2.39. The molecule has 0 aliphatic carbocycles. The van der Waals surface area contributed by atoms with Crippen LogP contribution in [-0.2, 0) is 11.3 Å². The molecule has 0 aromatic heterocycles. The highest BCUT2D eigenvalue weighted by Crippen LogP contribution is 2.30. The van der Waals surface area contributed by atoms with Gasteiger partial charge in [-0.15, -0.1) is 0 Å². The van der Waals surface area contributed by atoms with Crippen LogP contribution >= 0.6 is 15.9 Å². The monoisotopic (exact) mass is 358 g/mol. The second kappa shape index (κ2) is 6.39. The molecular weight excluding hydrogens is 340 g/mol. The number of aliphatic hydroxyl groups is 1. The van der Waals surface area contributed by atoms with Crippen LogP contribution in [0.3, 0.4) is 0 Å². The van der Waals surface area contributed by atoms with Crippen molar-refractivity contribution in [2.75, 3.05) is 19.7 Å².